The minimum absolute atomic E-state index is 0.106. The molecule has 12 aromatic carbocycles. The molecule has 1 aliphatic rings. The highest BCUT2D eigenvalue weighted by Gasteiger charge is 2.29. The molecule has 0 aliphatic heterocycles. The topological polar surface area (TPSA) is 80.9 Å². The maximum absolute atomic E-state index is 13.1. The second kappa shape index (κ2) is 23.7. The van der Waals surface area contributed by atoms with Gasteiger partial charge < -0.3 is 20.4 Å². The van der Waals surface area contributed by atoms with Crippen molar-refractivity contribution in [3.05, 3.63) is 402 Å². The van der Waals surface area contributed by atoms with Crippen LogP contribution < -0.4 is 0 Å². The summed E-state index contributed by atoms with van der Waals surface area (Å²) >= 11 is 0. The minimum Gasteiger partial charge on any atom is -0.507 e. The molecule has 8 bridgehead atoms. The first-order valence-corrected chi connectivity index (χ1v) is 29.1. The van der Waals surface area contributed by atoms with Gasteiger partial charge in [0.25, 0.3) is 0 Å². The smallest absolute Gasteiger partial charge is 0.122 e. The number of phenols is 4. The van der Waals surface area contributed by atoms with Gasteiger partial charge in [-0.2, -0.15) is 0 Å². The van der Waals surface area contributed by atoms with Crippen molar-refractivity contribution in [2.45, 2.75) is 49.4 Å². The number of rotatable bonds is 12. The molecular formula is C80H64O4. The van der Waals surface area contributed by atoms with E-state index >= 15 is 0 Å². The van der Waals surface area contributed by atoms with Crippen LogP contribution in [0, 0.1) is 0 Å². The van der Waals surface area contributed by atoms with Crippen LogP contribution in [0.2, 0.25) is 0 Å². The highest BCUT2D eigenvalue weighted by molar-refractivity contribution is 5.62. The molecule has 4 heteroatoms. The summed E-state index contributed by atoms with van der Waals surface area (Å²) < 4.78 is 0. The summed E-state index contributed by atoms with van der Waals surface area (Å²) in [4.78, 5) is 0. The van der Waals surface area contributed by atoms with E-state index in [4.69, 9.17) is 0 Å². The third kappa shape index (κ3) is 10.9. The van der Waals surface area contributed by atoms with Gasteiger partial charge in [-0.1, -0.05) is 291 Å². The van der Waals surface area contributed by atoms with Gasteiger partial charge in [-0.15, -0.1) is 0 Å². The number of phenolic OH excluding ortho intramolecular Hbond substituents is 4. The van der Waals surface area contributed by atoms with Crippen LogP contribution >= 0.6 is 0 Å². The molecule has 0 unspecified atom stereocenters. The number of hydrogen-bond donors (Lipinski definition) is 4. The fourth-order valence-corrected chi connectivity index (χ4v) is 13.2. The zero-order valence-electron chi connectivity index (χ0n) is 46.6. The molecule has 4 nitrogen and oxygen atoms in total. The van der Waals surface area contributed by atoms with Crippen LogP contribution in [0.5, 0.6) is 23.0 Å². The first-order valence-electron chi connectivity index (χ1n) is 29.1. The van der Waals surface area contributed by atoms with Gasteiger partial charge in [0, 0.05) is 49.4 Å². The van der Waals surface area contributed by atoms with Gasteiger partial charge in [-0.05, 0) is 111 Å². The van der Waals surface area contributed by atoms with E-state index in [2.05, 4.69) is 243 Å². The lowest BCUT2D eigenvalue weighted by Gasteiger charge is -2.26. The highest BCUT2D eigenvalue weighted by atomic mass is 16.3. The standard InChI is InChI=1S/C80H64O4/c81-77-65-41-61(73(53-25-9-1-10-26-53)54-27-11-2-12-28-54)42-66(77)50-68-44-63(75(57-33-17-5-18-34-57)58-35-19-6-20-36-58)46-70(79(68)83)52-72-48-64(76(59-37-21-7-22-38-59)60-39-23-8-24-40-60)47-71(80(72)84)51-69-45-62(43-67(49-65)78(69)82)74(55-29-13-3-14-30-55)56-31-15-4-16-32-56/h1-48,73-76,81-84H,49-52H2. The molecule has 12 aromatic rings. The molecule has 408 valence electrons. The molecule has 84 heavy (non-hydrogen) atoms. The van der Waals surface area contributed by atoms with Crippen molar-refractivity contribution in [1.29, 1.82) is 0 Å². The van der Waals surface area contributed by atoms with Gasteiger partial charge in [-0.25, -0.2) is 0 Å². The average molecular weight is 1090 g/mol. The molecule has 0 amide bonds. The van der Waals surface area contributed by atoms with E-state index < -0.39 is 0 Å². The molecule has 0 spiro atoms. The Morgan fingerprint density at radius 1 is 0.167 bits per heavy atom. The highest BCUT2D eigenvalue weighted by Crippen LogP contribution is 2.46. The summed E-state index contributed by atoms with van der Waals surface area (Å²) in [6, 6.07) is 101. The Kier molecular flexibility index (Phi) is 15.0. The maximum Gasteiger partial charge on any atom is 0.122 e. The van der Waals surface area contributed by atoms with E-state index in [0.29, 0.717) is 44.5 Å². The van der Waals surface area contributed by atoms with Crippen molar-refractivity contribution in [3.8, 4) is 23.0 Å². The third-order valence-electron chi connectivity index (χ3n) is 17.1. The van der Waals surface area contributed by atoms with Crippen LogP contribution in [-0.4, -0.2) is 20.4 Å². The fraction of sp³-hybridized carbons (Fsp3) is 0.100. The Morgan fingerprint density at radius 2 is 0.286 bits per heavy atom. The summed E-state index contributed by atoms with van der Waals surface area (Å²) in [7, 11) is 0. The minimum atomic E-state index is -0.221. The van der Waals surface area contributed by atoms with E-state index in [-0.39, 0.29) is 72.4 Å². The largest absolute Gasteiger partial charge is 0.507 e. The second-order valence-electron chi connectivity index (χ2n) is 22.5. The number of fused-ring (bicyclic) bond motifs is 8. The van der Waals surface area contributed by atoms with Crippen molar-refractivity contribution < 1.29 is 20.4 Å². The summed E-state index contributed by atoms with van der Waals surface area (Å²) in [6.07, 6.45) is 0.701. The zero-order chi connectivity index (χ0) is 56.9. The van der Waals surface area contributed by atoms with E-state index in [1.54, 1.807) is 0 Å². The summed E-state index contributed by atoms with van der Waals surface area (Å²) in [5.41, 5.74) is 17.8. The molecule has 0 fully saturated rings. The van der Waals surface area contributed by atoms with Crippen LogP contribution in [0.15, 0.2) is 291 Å². The lowest BCUT2D eigenvalue weighted by Crippen LogP contribution is -2.10. The molecule has 0 atom stereocenters. The SMILES string of the molecule is Oc1c2cc(C(c3ccccc3)c3ccccc3)cc1Cc1cc(C(c3ccccc3)c3ccccc3)cc(c1O)Cc1cc(C(c3ccccc3)c3ccccc3)cc(c1O)Cc1cc(C(c3ccccc3)c3ccccc3)cc(c1O)C2. The normalized spacial score (nSPS) is 12.2. The van der Waals surface area contributed by atoms with Crippen molar-refractivity contribution in [2.24, 2.45) is 0 Å². The fourth-order valence-electron chi connectivity index (χ4n) is 13.2. The Labute approximate surface area is 492 Å². The Hall–Kier alpha value is -10.2. The second-order valence-corrected chi connectivity index (χ2v) is 22.5. The van der Waals surface area contributed by atoms with Gasteiger partial charge in [0.2, 0.25) is 0 Å². The molecule has 1 aliphatic carbocycles. The molecule has 13 rings (SSSR count). The summed E-state index contributed by atoms with van der Waals surface area (Å²) in [5, 5.41) is 52.5. The van der Waals surface area contributed by atoms with E-state index in [0.717, 1.165) is 66.8 Å². The van der Waals surface area contributed by atoms with Crippen molar-refractivity contribution in [2.75, 3.05) is 0 Å². The van der Waals surface area contributed by atoms with Gasteiger partial charge in [0.15, 0.2) is 0 Å². The Morgan fingerprint density at radius 3 is 0.405 bits per heavy atom. The first-order chi connectivity index (χ1) is 41.3. The predicted octanol–water partition coefficient (Wildman–Crippen LogP) is 17.9. The van der Waals surface area contributed by atoms with Crippen LogP contribution in [0.3, 0.4) is 0 Å². The van der Waals surface area contributed by atoms with Crippen molar-refractivity contribution in [1.82, 2.24) is 0 Å². The van der Waals surface area contributed by atoms with Gasteiger partial charge in [0.05, 0.1) is 0 Å². The molecule has 4 N–H and O–H groups in total. The van der Waals surface area contributed by atoms with Crippen LogP contribution in [-0.2, 0) is 25.7 Å². The number of aromatic hydroxyl groups is 4. The monoisotopic (exact) mass is 1090 g/mol. The van der Waals surface area contributed by atoms with Gasteiger partial charge in [-0.3, -0.25) is 0 Å². The molecule has 0 heterocycles. The van der Waals surface area contributed by atoms with Crippen molar-refractivity contribution >= 4 is 0 Å². The summed E-state index contributed by atoms with van der Waals surface area (Å²) in [5.74, 6) is -0.463. The van der Waals surface area contributed by atoms with E-state index in [1.807, 2.05) is 48.5 Å². The number of hydrogen-bond acceptors (Lipinski definition) is 4. The third-order valence-corrected chi connectivity index (χ3v) is 17.1. The predicted molar refractivity (Wildman–Crippen MR) is 339 cm³/mol. The molecule has 0 radical (unpaired) electrons. The lowest BCUT2D eigenvalue weighted by molar-refractivity contribution is 0.450. The number of benzene rings is 12. The van der Waals surface area contributed by atoms with Crippen LogP contribution in [0.4, 0.5) is 0 Å². The average Bonchev–Trinajstić information content (AvgIpc) is 2.51. The molecule has 0 saturated carbocycles. The van der Waals surface area contributed by atoms with E-state index in [1.165, 1.54) is 0 Å². The molecule has 0 saturated heterocycles. The van der Waals surface area contributed by atoms with E-state index in [9.17, 15) is 20.4 Å². The van der Waals surface area contributed by atoms with Gasteiger partial charge >= 0.3 is 0 Å². The first kappa shape index (κ1) is 53.2. The molecule has 0 aromatic heterocycles. The van der Waals surface area contributed by atoms with Gasteiger partial charge in [0.1, 0.15) is 23.0 Å². The maximum atomic E-state index is 13.1. The van der Waals surface area contributed by atoms with Crippen molar-refractivity contribution in [3.63, 3.8) is 0 Å². The molecular weight excluding hydrogens is 1020 g/mol. The lowest BCUT2D eigenvalue weighted by atomic mass is 9.79. The Balaban J connectivity index is 1.10. The summed E-state index contributed by atoms with van der Waals surface area (Å²) in [6.45, 7) is 0. The van der Waals surface area contributed by atoms with Crippen LogP contribution in [0.1, 0.15) is 135 Å². The van der Waals surface area contributed by atoms with Crippen LogP contribution in [0.25, 0.3) is 0 Å². The zero-order valence-corrected chi connectivity index (χ0v) is 46.6. The Bertz CT molecular complexity index is 3410. The quantitative estimate of drug-likeness (QED) is 0.0919.